The van der Waals surface area contributed by atoms with Crippen LogP contribution >= 0.6 is 0 Å². The molecule has 1 amide bonds. The van der Waals surface area contributed by atoms with Crippen LogP contribution in [0.4, 0.5) is 0 Å². The maximum Gasteiger partial charge on any atom is 0.239 e. The second kappa shape index (κ2) is 9.91. The van der Waals surface area contributed by atoms with Gasteiger partial charge < -0.3 is 20.7 Å². The summed E-state index contributed by atoms with van der Waals surface area (Å²) in [5, 5.41) is 9.40. The number of hydrogen-bond acceptors (Lipinski definition) is 3. The Hall–Kier alpha value is -2.24. The quantitative estimate of drug-likeness (QED) is 0.544. The minimum absolute atomic E-state index is 0.0592. The number of amides is 1. The Morgan fingerprint density at radius 3 is 2.44 bits per heavy atom. The van der Waals surface area contributed by atoms with Crippen LogP contribution < -0.4 is 20.7 Å². The van der Waals surface area contributed by atoms with Gasteiger partial charge in [0, 0.05) is 19.6 Å². The second-order valence-corrected chi connectivity index (χ2v) is 6.65. The molecule has 1 aliphatic rings. The highest BCUT2D eigenvalue weighted by atomic mass is 16.5. The highest BCUT2D eigenvalue weighted by Gasteiger charge is 2.19. The second-order valence-electron chi connectivity index (χ2n) is 6.65. The third kappa shape index (κ3) is 6.64. The Morgan fingerprint density at radius 2 is 1.84 bits per heavy atom. The van der Waals surface area contributed by atoms with Crippen LogP contribution in [0.5, 0.6) is 5.75 Å². The molecule has 0 saturated heterocycles. The largest absolute Gasteiger partial charge is 0.497 e. The molecule has 0 heterocycles. The molecule has 0 aromatic heterocycles. The summed E-state index contributed by atoms with van der Waals surface area (Å²) in [5.41, 5.74) is 1.04. The molecule has 0 bridgehead atoms. The van der Waals surface area contributed by atoms with Gasteiger partial charge in [0.05, 0.1) is 13.7 Å². The number of methoxy groups -OCH3 is 1. The molecule has 1 saturated carbocycles. The summed E-state index contributed by atoms with van der Waals surface area (Å²) >= 11 is 0. The summed E-state index contributed by atoms with van der Waals surface area (Å²) < 4.78 is 5.12. The summed E-state index contributed by atoms with van der Waals surface area (Å²) in [5.74, 6) is 2.26. The van der Waals surface area contributed by atoms with Gasteiger partial charge in [-0.1, -0.05) is 19.1 Å². The Labute approximate surface area is 150 Å². The van der Waals surface area contributed by atoms with Crippen LogP contribution in [0, 0.1) is 5.92 Å². The number of guanidine groups is 1. The number of nitrogens with zero attached hydrogens (tertiary/aromatic N) is 1. The lowest BCUT2D eigenvalue weighted by atomic mass is 9.87. The smallest absolute Gasteiger partial charge is 0.239 e. The molecule has 2 rings (SSSR count). The van der Waals surface area contributed by atoms with E-state index in [1.807, 2.05) is 24.3 Å². The number of carbonyl (C=O) groups is 1. The molecule has 0 radical (unpaired) electrons. The standard InChI is InChI=1S/C19H30N4O2/c1-14-4-8-16(9-5-14)23-19(20-2)22-13-18(24)21-12-15-6-10-17(25-3)11-7-15/h6-7,10-11,14,16H,4-5,8-9,12-13H2,1-3H3,(H,21,24)(H2,20,22,23). The van der Waals surface area contributed by atoms with Gasteiger partial charge in [0.1, 0.15) is 5.75 Å². The molecule has 0 spiro atoms. The number of rotatable bonds is 6. The van der Waals surface area contributed by atoms with Crippen LogP contribution in [-0.2, 0) is 11.3 Å². The Bertz CT molecular complexity index is 563. The lowest BCUT2D eigenvalue weighted by molar-refractivity contribution is -0.120. The Kier molecular flexibility index (Phi) is 7.57. The van der Waals surface area contributed by atoms with Crippen molar-refractivity contribution in [3.8, 4) is 5.75 Å². The van der Waals surface area contributed by atoms with Gasteiger partial charge in [-0.05, 0) is 49.3 Å². The van der Waals surface area contributed by atoms with Gasteiger partial charge in [-0.15, -0.1) is 0 Å². The van der Waals surface area contributed by atoms with Crippen LogP contribution in [0.25, 0.3) is 0 Å². The van der Waals surface area contributed by atoms with E-state index < -0.39 is 0 Å². The predicted octanol–water partition coefficient (Wildman–Crippen LogP) is 2.06. The fourth-order valence-electron chi connectivity index (χ4n) is 2.96. The topological polar surface area (TPSA) is 74.8 Å². The molecule has 0 atom stereocenters. The number of benzene rings is 1. The first-order valence-corrected chi connectivity index (χ1v) is 8.97. The van der Waals surface area contributed by atoms with Crippen molar-refractivity contribution in [2.75, 3.05) is 20.7 Å². The van der Waals surface area contributed by atoms with Crippen molar-refractivity contribution in [2.45, 2.75) is 45.2 Å². The van der Waals surface area contributed by atoms with Gasteiger partial charge in [-0.2, -0.15) is 0 Å². The molecule has 1 fully saturated rings. The first kappa shape index (κ1) is 19.1. The van der Waals surface area contributed by atoms with Crippen LogP contribution in [0.3, 0.4) is 0 Å². The lowest BCUT2D eigenvalue weighted by Gasteiger charge is -2.28. The van der Waals surface area contributed by atoms with Crippen molar-refractivity contribution in [1.82, 2.24) is 16.0 Å². The van der Waals surface area contributed by atoms with Crippen molar-refractivity contribution < 1.29 is 9.53 Å². The van der Waals surface area contributed by atoms with E-state index in [1.165, 1.54) is 12.8 Å². The van der Waals surface area contributed by atoms with E-state index in [0.29, 0.717) is 18.5 Å². The predicted molar refractivity (Wildman–Crippen MR) is 101 cm³/mol. The first-order chi connectivity index (χ1) is 12.1. The van der Waals surface area contributed by atoms with E-state index in [4.69, 9.17) is 4.74 Å². The number of aliphatic imine (C=N–C) groups is 1. The zero-order valence-electron chi connectivity index (χ0n) is 15.5. The first-order valence-electron chi connectivity index (χ1n) is 8.97. The van der Waals surface area contributed by atoms with Crippen LogP contribution in [-0.4, -0.2) is 38.6 Å². The highest BCUT2D eigenvalue weighted by molar-refractivity contribution is 5.86. The van der Waals surface area contributed by atoms with Crippen molar-refractivity contribution in [2.24, 2.45) is 10.9 Å². The van der Waals surface area contributed by atoms with E-state index in [9.17, 15) is 4.79 Å². The highest BCUT2D eigenvalue weighted by Crippen LogP contribution is 2.23. The molecular formula is C19H30N4O2. The minimum Gasteiger partial charge on any atom is -0.497 e. The van der Waals surface area contributed by atoms with Crippen molar-refractivity contribution in [3.05, 3.63) is 29.8 Å². The van der Waals surface area contributed by atoms with Crippen LogP contribution in [0.15, 0.2) is 29.3 Å². The zero-order valence-corrected chi connectivity index (χ0v) is 15.5. The number of hydrogen-bond donors (Lipinski definition) is 3. The molecule has 3 N–H and O–H groups in total. The monoisotopic (exact) mass is 346 g/mol. The number of nitrogens with one attached hydrogen (secondary N) is 3. The van der Waals surface area contributed by atoms with E-state index in [-0.39, 0.29) is 12.5 Å². The fraction of sp³-hybridized carbons (Fsp3) is 0.579. The summed E-state index contributed by atoms with van der Waals surface area (Å²) in [4.78, 5) is 16.2. The van der Waals surface area contributed by atoms with Gasteiger partial charge >= 0.3 is 0 Å². The van der Waals surface area contributed by atoms with Crippen LogP contribution in [0.1, 0.15) is 38.2 Å². The maximum absolute atomic E-state index is 12.0. The molecule has 6 nitrogen and oxygen atoms in total. The van der Waals surface area contributed by atoms with Gasteiger partial charge in [-0.25, -0.2) is 0 Å². The van der Waals surface area contributed by atoms with Crippen molar-refractivity contribution in [3.63, 3.8) is 0 Å². The van der Waals surface area contributed by atoms with Gasteiger partial charge in [0.25, 0.3) is 0 Å². The SMILES string of the molecule is CN=C(NCC(=O)NCc1ccc(OC)cc1)NC1CCC(C)CC1. The fourth-order valence-corrected chi connectivity index (χ4v) is 2.96. The normalized spacial score (nSPS) is 20.7. The molecule has 6 heteroatoms. The van der Waals surface area contributed by atoms with E-state index in [0.717, 1.165) is 30.1 Å². The van der Waals surface area contributed by atoms with E-state index in [1.54, 1.807) is 14.2 Å². The number of ether oxygens (including phenoxy) is 1. The average Bonchev–Trinajstić information content (AvgIpc) is 2.65. The van der Waals surface area contributed by atoms with Crippen molar-refractivity contribution >= 4 is 11.9 Å². The van der Waals surface area contributed by atoms with Gasteiger partial charge in [0.15, 0.2) is 5.96 Å². The molecule has 0 unspecified atom stereocenters. The maximum atomic E-state index is 12.0. The average molecular weight is 346 g/mol. The summed E-state index contributed by atoms with van der Waals surface area (Å²) in [6, 6.07) is 8.10. The minimum atomic E-state index is -0.0592. The van der Waals surface area contributed by atoms with Gasteiger partial charge in [0.2, 0.25) is 5.91 Å². The summed E-state index contributed by atoms with van der Waals surface area (Å²) in [6.07, 6.45) is 4.81. The molecule has 1 aromatic rings. The third-order valence-corrected chi connectivity index (χ3v) is 4.65. The lowest BCUT2D eigenvalue weighted by Crippen LogP contribution is -2.47. The zero-order chi connectivity index (χ0) is 18.1. The number of carbonyl (C=O) groups excluding carboxylic acids is 1. The van der Waals surface area contributed by atoms with Gasteiger partial charge in [-0.3, -0.25) is 9.79 Å². The molecule has 0 aliphatic heterocycles. The Morgan fingerprint density at radius 1 is 1.16 bits per heavy atom. The molecule has 1 aromatic carbocycles. The molecular weight excluding hydrogens is 316 g/mol. The van der Waals surface area contributed by atoms with E-state index in [2.05, 4.69) is 27.9 Å². The molecule has 25 heavy (non-hydrogen) atoms. The van der Waals surface area contributed by atoms with E-state index >= 15 is 0 Å². The molecule has 1 aliphatic carbocycles. The Balaban J connectivity index is 1.68. The molecule has 138 valence electrons. The van der Waals surface area contributed by atoms with Crippen LogP contribution in [0.2, 0.25) is 0 Å². The van der Waals surface area contributed by atoms with Crippen molar-refractivity contribution in [1.29, 1.82) is 0 Å². The summed E-state index contributed by atoms with van der Waals surface area (Å²) in [7, 11) is 3.37. The third-order valence-electron chi connectivity index (χ3n) is 4.65. The summed E-state index contributed by atoms with van der Waals surface area (Å²) in [6.45, 7) is 3.01.